The summed E-state index contributed by atoms with van der Waals surface area (Å²) in [5.74, 6) is 0.953. The van der Waals surface area contributed by atoms with Gasteiger partial charge in [0.1, 0.15) is 12.4 Å². The third-order valence-electron chi connectivity index (χ3n) is 4.85. The van der Waals surface area contributed by atoms with Gasteiger partial charge in [-0.25, -0.2) is 0 Å². The second-order valence-corrected chi connectivity index (χ2v) is 7.12. The summed E-state index contributed by atoms with van der Waals surface area (Å²) in [5, 5.41) is 0. The highest BCUT2D eigenvalue weighted by Gasteiger charge is 2.10. The van der Waals surface area contributed by atoms with Gasteiger partial charge >= 0.3 is 0 Å². The van der Waals surface area contributed by atoms with E-state index >= 15 is 0 Å². The van der Waals surface area contributed by atoms with Crippen molar-refractivity contribution in [1.29, 1.82) is 0 Å². The highest BCUT2D eigenvalue weighted by atomic mass is 16.5. The van der Waals surface area contributed by atoms with Crippen LogP contribution in [0, 0.1) is 6.92 Å². The Hall–Kier alpha value is -2.54. The summed E-state index contributed by atoms with van der Waals surface area (Å²) in [6, 6.07) is 25.2. The van der Waals surface area contributed by atoms with Gasteiger partial charge < -0.3 is 4.74 Å². The smallest absolute Gasteiger partial charge is 0.127 e. The molecule has 0 aliphatic rings. The minimum Gasteiger partial charge on any atom is -0.488 e. The molecule has 162 valence electrons. The van der Waals surface area contributed by atoms with Crippen molar-refractivity contribution in [3.05, 3.63) is 89.5 Å². The SMILES string of the molecule is CC.CCCCC.CCc1cc(-c2ccccc2)c(OCc2ccccc2)cc1C. The summed E-state index contributed by atoms with van der Waals surface area (Å²) < 4.78 is 6.16. The van der Waals surface area contributed by atoms with Crippen molar-refractivity contribution in [3.63, 3.8) is 0 Å². The topological polar surface area (TPSA) is 9.23 Å². The maximum atomic E-state index is 6.16. The van der Waals surface area contributed by atoms with E-state index in [1.165, 1.54) is 47.1 Å². The molecule has 0 heterocycles. The molecular weight excluding hydrogens is 364 g/mol. The molecule has 30 heavy (non-hydrogen) atoms. The fourth-order valence-corrected chi connectivity index (χ4v) is 3.16. The van der Waals surface area contributed by atoms with Crippen LogP contribution in [0.2, 0.25) is 0 Å². The fourth-order valence-electron chi connectivity index (χ4n) is 3.16. The Morgan fingerprint density at radius 3 is 1.80 bits per heavy atom. The van der Waals surface area contributed by atoms with Crippen LogP contribution < -0.4 is 4.74 Å². The molecule has 3 aromatic rings. The lowest BCUT2D eigenvalue weighted by atomic mass is 9.97. The zero-order valence-electron chi connectivity index (χ0n) is 19.9. The van der Waals surface area contributed by atoms with E-state index in [4.69, 9.17) is 4.74 Å². The van der Waals surface area contributed by atoms with Gasteiger partial charge in [0.2, 0.25) is 0 Å². The highest BCUT2D eigenvalue weighted by molar-refractivity contribution is 5.72. The Morgan fingerprint density at radius 1 is 0.733 bits per heavy atom. The minimum absolute atomic E-state index is 0.589. The van der Waals surface area contributed by atoms with Gasteiger partial charge in [0.15, 0.2) is 0 Å². The molecule has 0 amide bonds. The Balaban J connectivity index is 0.000000565. The normalized spacial score (nSPS) is 9.67. The van der Waals surface area contributed by atoms with Gasteiger partial charge in [0.25, 0.3) is 0 Å². The van der Waals surface area contributed by atoms with Gasteiger partial charge in [-0.15, -0.1) is 0 Å². The van der Waals surface area contributed by atoms with Crippen LogP contribution in [0.4, 0.5) is 0 Å². The summed E-state index contributed by atoms with van der Waals surface area (Å²) >= 11 is 0. The van der Waals surface area contributed by atoms with Crippen molar-refractivity contribution in [2.24, 2.45) is 0 Å². The molecule has 1 heteroatoms. The third kappa shape index (κ3) is 8.45. The predicted molar refractivity (Wildman–Crippen MR) is 133 cm³/mol. The molecule has 0 aliphatic carbocycles. The Kier molecular flexibility index (Phi) is 13.0. The van der Waals surface area contributed by atoms with Gasteiger partial charge in [-0.1, -0.05) is 115 Å². The fraction of sp³-hybridized carbons (Fsp3) is 0.379. The first-order valence-corrected chi connectivity index (χ1v) is 11.5. The van der Waals surface area contributed by atoms with E-state index < -0.39 is 0 Å². The van der Waals surface area contributed by atoms with E-state index in [2.05, 4.69) is 76.2 Å². The van der Waals surface area contributed by atoms with Gasteiger partial charge in [-0.2, -0.15) is 0 Å². The van der Waals surface area contributed by atoms with Crippen LogP contribution in [0.5, 0.6) is 5.75 Å². The predicted octanol–water partition coefficient (Wildman–Crippen LogP) is 9.03. The Labute approximate surface area is 185 Å². The molecule has 3 rings (SSSR count). The standard InChI is InChI=1S/C22H22O.C5H12.C2H6/c1-3-19-15-21(20-12-8-5-9-13-20)22(14-17(19)2)23-16-18-10-6-4-7-11-18;1-3-5-4-2;1-2/h4-15H,3,16H2,1-2H3;3-5H2,1-2H3;1-2H3. The minimum atomic E-state index is 0.589. The molecule has 3 aromatic carbocycles. The van der Waals surface area contributed by atoms with E-state index in [1.807, 2.05) is 38.1 Å². The van der Waals surface area contributed by atoms with Crippen LogP contribution in [0.15, 0.2) is 72.8 Å². The van der Waals surface area contributed by atoms with Crippen molar-refractivity contribution in [2.75, 3.05) is 0 Å². The number of hydrogen-bond acceptors (Lipinski definition) is 1. The molecular formula is C29H40O. The molecule has 0 aliphatic heterocycles. The summed E-state index contributed by atoms with van der Waals surface area (Å²) in [5.41, 5.74) is 6.21. The van der Waals surface area contributed by atoms with Crippen LogP contribution in [0.3, 0.4) is 0 Å². The number of unbranched alkanes of at least 4 members (excludes halogenated alkanes) is 2. The van der Waals surface area contributed by atoms with Crippen molar-refractivity contribution >= 4 is 0 Å². The number of ether oxygens (including phenoxy) is 1. The number of hydrogen-bond donors (Lipinski definition) is 0. The summed E-state index contributed by atoms with van der Waals surface area (Å²) in [7, 11) is 0. The molecule has 0 saturated heterocycles. The second-order valence-electron chi connectivity index (χ2n) is 7.12. The van der Waals surface area contributed by atoms with Crippen molar-refractivity contribution in [2.45, 2.75) is 73.8 Å². The highest BCUT2D eigenvalue weighted by Crippen LogP contribution is 2.33. The first kappa shape index (κ1) is 25.5. The van der Waals surface area contributed by atoms with Gasteiger partial charge in [-0.05, 0) is 47.7 Å². The number of rotatable bonds is 7. The molecule has 0 saturated carbocycles. The number of benzene rings is 3. The van der Waals surface area contributed by atoms with Gasteiger partial charge in [-0.3, -0.25) is 0 Å². The molecule has 0 fully saturated rings. The molecule has 0 atom stereocenters. The molecule has 0 N–H and O–H groups in total. The number of aryl methyl sites for hydroxylation is 2. The largest absolute Gasteiger partial charge is 0.488 e. The van der Waals surface area contributed by atoms with E-state index in [0.29, 0.717) is 6.61 Å². The molecule has 1 nitrogen and oxygen atoms in total. The van der Waals surface area contributed by atoms with Crippen LogP contribution in [-0.4, -0.2) is 0 Å². The van der Waals surface area contributed by atoms with Crippen LogP contribution in [-0.2, 0) is 13.0 Å². The maximum Gasteiger partial charge on any atom is 0.127 e. The van der Waals surface area contributed by atoms with Crippen molar-refractivity contribution < 1.29 is 4.74 Å². The average molecular weight is 405 g/mol. The van der Waals surface area contributed by atoms with E-state index in [1.54, 1.807) is 0 Å². The van der Waals surface area contributed by atoms with Crippen LogP contribution >= 0.6 is 0 Å². The monoisotopic (exact) mass is 404 g/mol. The maximum absolute atomic E-state index is 6.16. The van der Waals surface area contributed by atoms with Crippen LogP contribution in [0.25, 0.3) is 11.1 Å². The summed E-state index contributed by atoms with van der Waals surface area (Å²) in [4.78, 5) is 0. The second kappa shape index (κ2) is 15.3. The molecule has 0 aromatic heterocycles. The quantitative estimate of drug-likeness (QED) is 0.381. The molecule has 0 unspecified atom stereocenters. The van der Waals surface area contributed by atoms with Crippen molar-refractivity contribution in [3.8, 4) is 16.9 Å². The lowest BCUT2D eigenvalue weighted by molar-refractivity contribution is 0.307. The van der Waals surface area contributed by atoms with E-state index in [9.17, 15) is 0 Å². The zero-order valence-corrected chi connectivity index (χ0v) is 19.9. The lowest BCUT2D eigenvalue weighted by Gasteiger charge is -2.15. The first-order chi connectivity index (χ1) is 14.7. The van der Waals surface area contributed by atoms with Gasteiger partial charge in [0.05, 0.1) is 0 Å². The summed E-state index contributed by atoms with van der Waals surface area (Å²) in [6.07, 6.45) is 5.11. The lowest BCUT2D eigenvalue weighted by Crippen LogP contribution is -1.99. The first-order valence-electron chi connectivity index (χ1n) is 11.5. The molecule has 0 spiro atoms. The van der Waals surface area contributed by atoms with Gasteiger partial charge in [0, 0.05) is 5.56 Å². The third-order valence-corrected chi connectivity index (χ3v) is 4.85. The Bertz CT molecular complexity index is 805. The van der Waals surface area contributed by atoms with Crippen LogP contribution in [0.1, 0.15) is 70.6 Å². The zero-order chi connectivity index (χ0) is 22.2. The Morgan fingerprint density at radius 2 is 1.30 bits per heavy atom. The van der Waals surface area contributed by atoms with E-state index in [0.717, 1.165) is 12.2 Å². The average Bonchev–Trinajstić information content (AvgIpc) is 2.81. The summed E-state index contributed by atoms with van der Waals surface area (Å²) in [6.45, 7) is 13.4. The molecule has 0 radical (unpaired) electrons. The van der Waals surface area contributed by atoms with Crippen molar-refractivity contribution in [1.82, 2.24) is 0 Å². The molecule has 0 bridgehead atoms. The van der Waals surface area contributed by atoms with E-state index in [-0.39, 0.29) is 0 Å².